The molecule has 1 aliphatic rings. The smallest absolute Gasteiger partial charge is 0.133 e. The third-order valence-electron chi connectivity index (χ3n) is 1.76. The molecule has 2 rings (SSSR count). The first-order chi connectivity index (χ1) is 6.25. The van der Waals surface area contributed by atoms with Gasteiger partial charge in [-0.05, 0) is 35.0 Å². The van der Waals surface area contributed by atoms with Crippen LogP contribution in [0.3, 0.4) is 0 Å². The molecular weight excluding hydrogens is 232 g/mol. The van der Waals surface area contributed by atoms with Crippen LogP contribution in [0.15, 0.2) is 28.0 Å². The average molecular weight is 240 g/mol. The Morgan fingerprint density at radius 3 is 2.92 bits per heavy atom. The Morgan fingerprint density at radius 1 is 1.54 bits per heavy atom. The van der Waals surface area contributed by atoms with Crippen molar-refractivity contribution in [2.24, 2.45) is 5.16 Å². The molecule has 13 heavy (non-hydrogen) atoms. The van der Waals surface area contributed by atoms with Crippen molar-refractivity contribution in [3.8, 4) is 0 Å². The lowest BCUT2D eigenvalue weighted by molar-refractivity contribution is 0.118. The van der Waals surface area contributed by atoms with Gasteiger partial charge in [-0.25, -0.2) is 0 Å². The number of halogens is 1. The zero-order valence-electron chi connectivity index (χ0n) is 6.90. The first kappa shape index (κ1) is 8.69. The highest BCUT2D eigenvalue weighted by Crippen LogP contribution is 2.15. The standard InChI is InChI=1S/C9H8BrN2O/c1-6-4-9(12-13-6)8-3-2-7(10)5-11-8/h2-3,5-6H,1,4H2. The maximum atomic E-state index is 4.98. The van der Waals surface area contributed by atoms with Crippen molar-refractivity contribution in [2.45, 2.75) is 12.5 Å². The molecular formula is C9H8BrN2O. The normalized spacial score (nSPS) is 21.1. The SMILES string of the molecule is [CH2]C1CC(c2ccc(Br)cn2)=NO1. The maximum Gasteiger partial charge on any atom is 0.133 e. The van der Waals surface area contributed by atoms with E-state index in [1.807, 2.05) is 12.1 Å². The van der Waals surface area contributed by atoms with E-state index in [2.05, 4.69) is 33.0 Å². The first-order valence-electron chi connectivity index (χ1n) is 3.93. The lowest BCUT2D eigenvalue weighted by Gasteiger charge is -1.97. The third-order valence-corrected chi connectivity index (χ3v) is 2.23. The quantitative estimate of drug-likeness (QED) is 0.753. The highest BCUT2D eigenvalue weighted by atomic mass is 79.9. The molecule has 0 saturated carbocycles. The van der Waals surface area contributed by atoms with Crippen molar-refractivity contribution in [2.75, 3.05) is 0 Å². The Kier molecular flexibility index (Phi) is 2.31. The van der Waals surface area contributed by atoms with Gasteiger partial charge in [0.2, 0.25) is 0 Å². The van der Waals surface area contributed by atoms with E-state index in [1.165, 1.54) is 0 Å². The summed E-state index contributed by atoms with van der Waals surface area (Å²) in [6.07, 6.45) is 2.41. The predicted molar refractivity (Wildman–Crippen MR) is 53.3 cm³/mol. The van der Waals surface area contributed by atoms with Crippen LogP contribution in [0, 0.1) is 6.92 Å². The summed E-state index contributed by atoms with van der Waals surface area (Å²) >= 11 is 3.32. The van der Waals surface area contributed by atoms with E-state index in [0.717, 1.165) is 22.3 Å². The summed E-state index contributed by atoms with van der Waals surface area (Å²) in [7, 11) is 0. The monoisotopic (exact) mass is 239 g/mol. The second-order valence-electron chi connectivity index (χ2n) is 2.83. The maximum absolute atomic E-state index is 4.98. The van der Waals surface area contributed by atoms with Gasteiger partial charge in [-0.3, -0.25) is 4.98 Å². The zero-order chi connectivity index (χ0) is 9.26. The minimum absolute atomic E-state index is 0.0690. The minimum atomic E-state index is -0.0690. The fourth-order valence-electron chi connectivity index (χ4n) is 1.13. The molecule has 0 aromatic carbocycles. The lowest BCUT2D eigenvalue weighted by Crippen LogP contribution is -2.04. The lowest BCUT2D eigenvalue weighted by atomic mass is 10.1. The fraction of sp³-hybridized carbons (Fsp3) is 0.222. The van der Waals surface area contributed by atoms with Crippen molar-refractivity contribution >= 4 is 21.6 Å². The molecule has 4 heteroatoms. The van der Waals surface area contributed by atoms with Gasteiger partial charge in [0.05, 0.1) is 5.69 Å². The third kappa shape index (κ3) is 1.88. The van der Waals surface area contributed by atoms with Crippen LogP contribution >= 0.6 is 15.9 Å². The van der Waals surface area contributed by atoms with Gasteiger partial charge in [-0.1, -0.05) is 5.16 Å². The number of hydrogen-bond donors (Lipinski definition) is 0. The van der Waals surface area contributed by atoms with Crippen molar-refractivity contribution < 1.29 is 4.84 Å². The second-order valence-corrected chi connectivity index (χ2v) is 3.75. The van der Waals surface area contributed by atoms with E-state index >= 15 is 0 Å². The number of nitrogens with zero attached hydrogens (tertiary/aromatic N) is 2. The van der Waals surface area contributed by atoms with Crippen LogP contribution in [0.2, 0.25) is 0 Å². The topological polar surface area (TPSA) is 34.5 Å². The van der Waals surface area contributed by atoms with Crippen LogP contribution in [0.1, 0.15) is 12.1 Å². The Morgan fingerprint density at radius 2 is 2.38 bits per heavy atom. The van der Waals surface area contributed by atoms with Crippen LogP contribution < -0.4 is 0 Å². The molecule has 0 saturated heterocycles. The molecule has 2 heterocycles. The van der Waals surface area contributed by atoms with Crippen molar-refractivity contribution in [1.82, 2.24) is 4.98 Å². The molecule has 1 unspecified atom stereocenters. The van der Waals surface area contributed by atoms with Gasteiger partial charge in [0.25, 0.3) is 0 Å². The van der Waals surface area contributed by atoms with E-state index in [4.69, 9.17) is 4.84 Å². The van der Waals surface area contributed by atoms with Crippen molar-refractivity contribution in [3.63, 3.8) is 0 Å². The molecule has 0 N–H and O–H groups in total. The summed E-state index contributed by atoms with van der Waals surface area (Å²) in [5.74, 6) is 0. The van der Waals surface area contributed by atoms with Crippen molar-refractivity contribution in [1.29, 1.82) is 0 Å². The zero-order valence-corrected chi connectivity index (χ0v) is 8.49. The minimum Gasteiger partial charge on any atom is -0.392 e. The molecule has 0 fully saturated rings. The summed E-state index contributed by atoms with van der Waals surface area (Å²) in [6.45, 7) is 3.76. The molecule has 67 valence electrons. The summed E-state index contributed by atoms with van der Waals surface area (Å²) in [5.41, 5.74) is 1.72. The highest BCUT2D eigenvalue weighted by Gasteiger charge is 2.18. The second kappa shape index (κ2) is 3.46. The first-order valence-corrected chi connectivity index (χ1v) is 4.73. The van der Waals surface area contributed by atoms with Gasteiger partial charge in [-0.15, -0.1) is 0 Å². The van der Waals surface area contributed by atoms with E-state index in [-0.39, 0.29) is 6.10 Å². The molecule has 3 nitrogen and oxygen atoms in total. The Bertz CT molecular complexity index is 334. The summed E-state index contributed by atoms with van der Waals surface area (Å²) in [4.78, 5) is 9.18. The Balaban J connectivity index is 2.22. The summed E-state index contributed by atoms with van der Waals surface area (Å²) < 4.78 is 0.960. The molecule has 1 aromatic heterocycles. The van der Waals surface area contributed by atoms with Gasteiger partial charge >= 0.3 is 0 Å². The van der Waals surface area contributed by atoms with Crippen LogP contribution in [0.25, 0.3) is 0 Å². The van der Waals surface area contributed by atoms with Crippen molar-refractivity contribution in [3.05, 3.63) is 35.4 Å². The number of pyridine rings is 1. The number of aromatic nitrogens is 1. The molecule has 0 spiro atoms. The molecule has 1 aromatic rings. The molecule has 1 radical (unpaired) electrons. The van der Waals surface area contributed by atoms with Gasteiger partial charge in [0.15, 0.2) is 0 Å². The van der Waals surface area contributed by atoms with Gasteiger partial charge < -0.3 is 4.84 Å². The van der Waals surface area contributed by atoms with Crippen LogP contribution in [0.5, 0.6) is 0 Å². The van der Waals surface area contributed by atoms with E-state index in [1.54, 1.807) is 6.20 Å². The highest BCUT2D eigenvalue weighted by molar-refractivity contribution is 9.10. The van der Waals surface area contributed by atoms with Crippen LogP contribution in [-0.4, -0.2) is 16.8 Å². The Labute approximate surface area is 84.9 Å². The van der Waals surface area contributed by atoms with E-state index in [0.29, 0.717) is 0 Å². The molecule has 1 atom stereocenters. The van der Waals surface area contributed by atoms with E-state index < -0.39 is 0 Å². The number of rotatable bonds is 1. The Hall–Kier alpha value is -0.900. The van der Waals surface area contributed by atoms with Crippen LogP contribution in [0.4, 0.5) is 0 Å². The molecule has 0 aliphatic carbocycles. The van der Waals surface area contributed by atoms with Gasteiger partial charge in [0.1, 0.15) is 11.8 Å². The van der Waals surface area contributed by atoms with Gasteiger partial charge in [0, 0.05) is 17.1 Å². The number of hydrogen-bond acceptors (Lipinski definition) is 3. The average Bonchev–Trinajstić information content (AvgIpc) is 2.53. The van der Waals surface area contributed by atoms with Crippen LogP contribution in [-0.2, 0) is 4.84 Å². The summed E-state index contributed by atoms with van der Waals surface area (Å²) in [5, 5.41) is 3.89. The molecule has 0 amide bonds. The van der Waals surface area contributed by atoms with E-state index in [9.17, 15) is 0 Å². The summed E-state index contributed by atoms with van der Waals surface area (Å²) in [6, 6.07) is 3.84. The fourth-order valence-corrected chi connectivity index (χ4v) is 1.36. The largest absolute Gasteiger partial charge is 0.392 e. The number of oxime groups is 1. The molecule has 0 bridgehead atoms. The predicted octanol–water partition coefficient (Wildman–Crippen LogP) is 2.17. The van der Waals surface area contributed by atoms with Gasteiger partial charge in [-0.2, -0.15) is 0 Å². The molecule has 1 aliphatic heterocycles.